The third-order valence-electron chi connectivity index (χ3n) is 6.44. The summed E-state index contributed by atoms with van der Waals surface area (Å²) in [4.78, 5) is 36.5. The summed E-state index contributed by atoms with van der Waals surface area (Å²) < 4.78 is 8.70. The number of fused-ring (bicyclic) bond motifs is 1. The van der Waals surface area contributed by atoms with E-state index in [2.05, 4.69) is 15.3 Å². The largest absolute Gasteiger partial charge is 0.457 e. The Hall–Kier alpha value is -4.95. The van der Waals surface area contributed by atoms with Crippen LogP contribution >= 0.6 is 0 Å². The van der Waals surface area contributed by atoms with Gasteiger partial charge in [-0.25, -0.2) is 14.8 Å². The summed E-state index contributed by atoms with van der Waals surface area (Å²) in [6.45, 7) is 4.00. The minimum absolute atomic E-state index is 0.00661. The molecule has 4 aromatic rings. The zero-order valence-corrected chi connectivity index (χ0v) is 22.3. The molecule has 200 valence electrons. The number of aromatic nitrogens is 4. The molecule has 3 N–H and O–H groups in total. The normalized spacial score (nSPS) is 11.9. The van der Waals surface area contributed by atoms with Crippen molar-refractivity contribution in [2.75, 3.05) is 26.4 Å². The molecule has 0 aliphatic carbocycles. The zero-order chi connectivity index (χ0) is 28.2. The van der Waals surface area contributed by atoms with Crippen molar-refractivity contribution in [1.82, 2.24) is 29.3 Å². The van der Waals surface area contributed by atoms with Gasteiger partial charge in [0.2, 0.25) is 0 Å². The summed E-state index contributed by atoms with van der Waals surface area (Å²) in [5.41, 5.74) is 6.50. The second kappa shape index (κ2) is 11.2. The molecule has 0 aliphatic rings. The van der Waals surface area contributed by atoms with E-state index in [1.165, 1.54) is 15.5 Å². The Morgan fingerprint density at radius 1 is 1.13 bits per heavy atom. The van der Waals surface area contributed by atoms with E-state index < -0.39 is 17.1 Å². The van der Waals surface area contributed by atoms with Gasteiger partial charge in [0.25, 0.3) is 5.91 Å². The molecule has 0 saturated carbocycles. The Morgan fingerprint density at radius 2 is 1.79 bits per heavy atom. The molecule has 0 spiro atoms. The molecule has 0 fully saturated rings. The SMILES string of the molecule is CN(C)C(C)(C)C=C(C#N)C(=O)NCCn1c(=O)n(-c2ccc(Oc3ccccc3)cc2)c2c(N)ncnc21. The first-order chi connectivity index (χ1) is 18.6. The van der Waals surface area contributed by atoms with E-state index in [1.54, 1.807) is 30.3 Å². The molecule has 0 unspecified atom stereocenters. The lowest BCUT2D eigenvalue weighted by Crippen LogP contribution is -2.38. The monoisotopic (exact) mass is 526 g/mol. The van der Waals surface area contributed by atoms with Gasteiger partial charge < -0.3 is 20.7 Å². The number of imidazole rings is 1. The van der Waals surface area contributed by atoms with E-state index in [0.29, 0.717) is 28.4 Å². The van der Waals surface area contributed by atoms with Gasteiger partial charge in [-0.3, -0.25) is 13.9 Å². The Labute approximate surface area is 225 Å². The van der Waals surface area contributed by atoms with Crippen LogP contribution in [0.2, 0.25) is 0 Å². The molecule has 11 heteroatoms. The molecule has 4 rings (SSSR count). The number of hydrogen-bond acceptors (Lipinski definition) is 8. The van der Waals surface area contributed by atoms with Crippen molar-refractivity contribution >= 4 is 22.9 Å². The van der Waals surface area contributed by atoms with Crippen LogP contribution in [0.25, 0.3) is 16.9 Å². The molecule has 0 saturated heterocycles. The van der Waals surface area contributed by atoms with E-state index in [9.17, 15) is 14.9 Å². The molecule has 11 nitrogen and oxygen atoms in total. The quantitative estimate of drug-likeness (QED) is 0.250. The van der Waals surface area contributed by atoms with E-state index in [0.717, 1.165) is 0 Å². The van der Waals surface area contributed by atoms with Gasteiger partial charge in [-0.05, 0) is 70.4 Å². The predicted molar refractivity (Wildman–Crippen MR) is 149 cm³/mol. The van der Waals surface area contributed by atoms with E-state index in [-0.39, 0.29) is 24.5 Å². The molecule has 0 atom stereocenters. The van der Waals surface area contributed by atoms with Crippen molar-refractivity contribution < 1.29 is 9.53 Å². The highest BCUT2D eigenvalue weighted by Crippen LogP contribution is 2.25. The van der Waals surface area contributed by atoms with Crippen LogP contribution in [0.5, 0.6) is 11.5 Å². The number of benzene rings is 2. The van der Waals surface area contributed by atoms with Crippen molar-refractivity contribution in [1.29, 1.82) is 5.26 Å². The van der Waals surface area contributed by atoms with E-state index >= 15 is 0 Å². The molecule has 2 aromatic carbocycles. The van der Waals surface area contributed by atoms with Gasteiger partial charge in [0.05, 0.1) is 5.69 Å². The number of amides is 1. The first-order valence-electron chi connectivity index (χ1n) is 12.3. The van der Waals surface area contributed by atoms with Gasteiger partial charge in [0, 0.05) is 18.6 Å². The number of nitrogens with one attached hydrogen (secondary N) is 1. The lowest BCUT2D eigenvalue weighted by Gasteiger charge is -2.29. The van der Waals surface area contributed by atoms with Crippen molar-refractivity contribution in [2.45, 2.75) is 25.9 Å². The number of nitrogen functional groups attached to an aromatic ring is 1. The van der Waals surface area contributed by atoms with Gasteiger partial charge in [-0.15, -0.1) is 0 Å². The first-order valence-corrected chi connectivity index (χ1v) is 12.3. The van der Waals surface area contributed by atoms with Crippen molar-refractivity contribution in [2.24, 2.45) is 0 Å². The fourth-order valence-corrected chi connectivity index (χ4v) is 3.84. The summed E-state index contributed by atoms with van der Waals surface area (Å²) in [7, 11) is 3.73. The first kappa shape index (κ1) is 27.1. The summed E-state index contributed by atoms with van der Waals surface area (Å²) in [6, 6.07) is 18.3. The number of likely N-dealkylation sites (N-methyl/N-ethyl adjacent to an activating group) is 1. The fourth-order valence-electron chi connectivity index (χ4n) is 3.84. The maximum Gasteiger partial charge on any atom is 0.335 e. The summed E-state index contributed by atoms with van der Waals surface area (Å²) in [6.07, 6.45) is 2.90. The molecular formula is C28H30N8O3. The van der Waals surface area contributed by atoms with Crippen LogP contribution in [-0.2, 0) is 11.3 Å². The number of hydrogen-bond donors (Lipinski definition) is 2. The number of nitrogens with two attached hydrogens (primary N) is 1. The second-order valence-corrected chi connectivity index (χ2v) is 9.58. The number of rotatable bonds is 9. The Morgan fingerprint density at radius 3 is 2.44 bits per heavy atom. The lowest BCUT2D eigenvalue weighted by atomic mass is 10.00. The topological polar surface area (TPSA) is 144 Å². The highest BCUT2D eigenvalue weighted by atomic mass is 16.5. The van der Waals surface area contributed by atoms with Gasteiger partial charge >= 0.3 is 5.69 Å². The van der Waals surface area contributed by atoms with Crippen LogP contribution in [0.1, 0.15) is 13.8 Å². The summed E-state index contributed by atoms with van der Waals surface area (Å²) in [5.74, 6) is 0.920. The summed E-state index contributed by atoms with van der Waals surface area (Å²) in [5, 5.41) is 12.2. The Bertz CT molecular complexity index is 1610. The smallest absolute Gasteiger partial charge is 0.335 e. The Kier molecular flexibility index (Phi) is 7.78. The zero-order valence-electron chi connectivity index (χ0n) is 22.3. The van der Waals surface area contributed by atoms with Crippen LogP contribution in [0, 0.1) is 11.3 Å². The molecule has 2 aromatic heterocycles. The maximum absolute atomic E-state index is 13.5. The number of carbonyl (C=O) groups is 1. The highest BCUT2D eigenvalue weighted by Gasteiger charge is 2.22. The highest BCUT2D eigenvalue weighted by molar-refractivity contribution is 5.97. The van der Waals surface area contributed by atoms with Crippen LogP contribution in [0.15, 0.2) is 77.4 Å². The predicted octanol–water partition coefficient (Wildman–Crippen LogP) is 2.86. The van der Waals surface area contributed by atoms with Gasteiger partial charge in [-0.2, -0.15) is 5.26 Å². The number of ether oxygens (including phenoxy) is 1. The maximum atomic E-state index is 13.5. The van der Waals surface area contributed by atoms with Crippen molar-refractivity contribution in [3.63, 3.8) is 0 Å². The average molecular weight is 527 g/mol. The van der Waals surface area contributed by atoms with Crippen LogP contribution in [0.4, 0.5) is 5.82 Å². The molecule has 0 aliphatic heterocycles. The van der Waals surface area contributed by atoms with Crippen LogP contribution in [-0.4, -0.2) is 56.1 Å². The molecule has 0 bridgehead atoms. The lowest BCUT2D eigenvalue weighted by molar-refractivity contribution is -0.117. The second-order valence-electron chi connectivity index (χ2n) is 9.58. The Balaban J connectivity index is 1.59. The van der Waals surface area contributed by atoms with E-state index in [1.807, 2.05) is 69.2 Å². The third-order valence-corrected chi connectivity index (χ3v) is 6.44. The molecule has 0 radical (unpaired) electrons. The standard InChI is InChI=1S/C28H30N8O3/c1-28(2,34(3)4)16-19(17-29)26(37)31-14-15-35-25-23(24(30)32-18-33-25)36(27(35)38)20-10-12-22(13-11-20)39-21-8-6-5-7-9-21/h5-13,16,18H,14-15H2,1-4H3,(H,31,37)(H2,30,32,33). The fraction of sp³-hybridized carbons (Fsp3) is 0.250. The number of carbonyl (C=O) groups excluding carboxylic acids is 1. The van der Waals surface area contributed by atoms with Crippen LogP contribution < -0.4 is 21.5 Å². The minimum Gasteiger partial charge on any atom is -0.457 e. The average Bonchev–Trinajstić information content (AvgIpc) is 3.20. The van der Waals surface area contributed by atoms with Crippen LogP contribution in [0.3, 0.4) is 0 Å². The van der Waals surface area contributed by atoms with Crippen molar-refractivity contribution in [3.05, 3.63) is 83.1 Å². The summed E-state index contributed by atoms with van der Waals surface area (Å²) >= 11 is 0. The molecular weight excluding hydrogens is 496 g/mol. The molecule has 2 heterocycles. The van der Waals surface area contributed by atoms with Gasteiger partial charge in [0.1, 0.15) is 35.0 Å². The van der Waals surface area contributed by atoms with Crippen molar-refractivity contribution in [3.8, 4) is 23.3 Å². The number of nitrogens with zero attached hydrogens (tertiary/aromatic N) is 6. The number of nitriles is 1. The number of anilines is 1. The van der Waals surface area contributed by atoms with E-state index in [4.69, 9.17) is 10.5 Å². The van der Waals surface area contributed by atoms with Gasteiger partial charge in [-0.1, -0.05) is 18.2 Å². The molecule has 1 amide bonds. The van der Waals surface area contributed by atoms with Gasteiger partial charge in [0.15, 0.2) is 11.5 Å². The minimum atomic E-state index is -0.521. The third kappa shape index (κ3) is 5.81. The number of para-hydroxylation sites is 1. The molecule has 39 heavy (non-hydrogen) atoms.